The van der Waals surface area contributed by atoms with Crippen LogP contribution in [0.3, 0.4) is 0 Å². The number of hydrogen-bond acceptors (Lipinski definition) is 6. The average molecular weight is 445 g/mol. The molecule has 0 spiro atoms. The van der Waals surface area contributed by atoms with Gasteiger partial charge < -0.3 is 9.72 Å². The van der Waals surface area contributed by atoms with E-state index in [2.05, 4.69) is 9.97 Å². The van der Waals surface area contributed by atoms with Crippen molar-refractivity contribution >= 4 is 28.7 Å². The highest BCUT2D eigenvalue weighted by atomic mass is 19.4. The summed E-state index contributed by atoms with van der Waals surface area (Å²) in [4.78, 5) is 55.9. The zero-order valence-electron chi connectivity index (χ0n) is 16.2. The average Bonchev–Trinajstić information content (AvgIpc) is 3.00. The fourth-order valence-corrected chi connectivity index (χ4v) is 3.30. The summed E-state index contributed by atoms with van der Waals surface area (Å²) in [5.74, 6) is -1.96. The molecule has 0 fully saturated rings. The van der Waals surface area contributed by atoms with Crippen molar-refractivity contribution < 1.29 is 32.3 Å². The highest BCUT2D eigenvalue weighted by molar-refractivity contribution is 6.21. The summed E-state index contributed by atoms with van der Waals surface area (Å²) in [7, 11) is 0. The highest BCUT2D eigenvalue weighted by Gasteiger charge is 2.35. The number of rotatable bonds is 5. The highest BCUT2D eigenvalue weighted by Crippen LogP contribution is 2.30. The van der Waals surface area contributed by atoms with E-state index in [-0.39, 0.29) is 40.8 Å². The van der Waals surface area contributed by atoms with E-state index in [0.29, 0.717) is 0 Å². The number of ether oxygens (including phenoxy) is 1. The van der Waals surface area contributed by atoms with E-state index in [9.17, 15) is 32.3 Å². The molecule has 2 heterocycles. The molecular weight excluding hydrogens is 431 g/mol. The predicted octanol–water partition coefficient (Wildman–Crippen LogP) is 2.67. The third kappa shape index (κ3) is 3.96. The number of esters is 1. The first-order valence-electron chi connectivity index (χ1n) is 9.36. The molecule has 0 saturated carbocycles. The molecule has 0 unspecified atom stereocenters. The van der Waals surface area contributed by atoms with Gasteiger partial charge in [-0.1, -0.05) is 12.1 Å². The maximum absolute atomic E-state index is 12.9. The van der Waals surface area contributed by atoms with Crippen LogP contribution in [0.25, 0.3) is 10.9 Å². The normalized spacial score (nSPS) is 13.5. The number of aromatic nitrogens is 2. The first-order chi connectivity index (χ1) is 15.1. The molecule has 1 aliphatic rings. The van der Waals surface area contributed by atoms with Crippen LogP contribution in [-0.2, 0) is 22.3 Å². The Morgan fingerprint density at radius 1 is 1.03 bits per heavy atom. The van der Waals surface area contributed by atoms with Crippen molar-refractivity contribution in [1.29, 1.82) is 0 Å². The second kappa shape index (κ2) is 7.91. The molecule has 4 rings (SSSR count). The summed E-state index contributed by atoms with van der Waals surface area (Å²) in [6.07, 6.45) is -4.91. The number of amides is 2. The Bertz CT molecular complexity index is 1280. The van der Waals surface area contributed by atoms with Crippen LogP contribution in [0.1, 0.15) is 38.5 Å². The maximum Gasteiger partial charge on any atom is 0.416 e. The quantitative estimate of drug-likeness (QED) is 0.478. The van der Waals surface area contributed by atoms with Crippen LogP contribution in [0, 0.1) is 0 Å². The van der Waals surface area contributed by atoms with Gasteiger partial charge in [0, 0.05) is 6.54 Å². The number of carbonyl (C=O) groups excluding carboxylic acids is 3. The van der Waals surface area contributed by atoms with Crippen molar-refractivity contribution in [2.75, 3.05) is 6.54 Å². The molecule has 0 bridgehead atoms. The fraction of sp³-hybridized carbons (Fsp3) is 0.190. The molecule has 32 heavy (non-hydrogen) atoms. The molecule has 0 atom stereocenters. The number of carbonyl (C=O) groups is 3. The Balaban J connectivity index is 1.40. The number of imide groups is 1. The Morgan fingerprint density at radius 3 is 2.31 bits per heavy atom. The Labute approximate surface area is 177 Å². The molecule has 1 aliphatic heterocycles. The van der Waals surface area contributed by atoms with Crippen LogP contribution in [-0.4, -0.2) is 39.2 Å². The lowest BCUT2D eigenvalue weighted by atomic mass is 10.1. The predicted molar refractivity (Wildman–Crippen MR) is 104 cm³/mol. The fourth-order valence-electron chi connectivity index (χ4n) is 3.30. The number of alkyl halides is 3. The first kappa shape index (κ1) is 21.2. The lowest BCUT2D eigenvalue weighted by Gasteiger charge is -2.13. The van der Waals surface area contributed by atoms with Gasteiger partial charge in [0.15, 0.2) is 0 Å². The van der Waals surface area contributed by atoms with Crippen molar-refractivity contribution in [2.24, 2.45) is 0 Å². The van der Waals surface area contributed by atoms with E-state index >= 15 is 0 Å². The molecule has 1 aromatic heterocycles. The van der Waals surface area contributed by atoms with Gasteiger partial charge in [-0.25, -0.2) is 4.98 Å². The first-order valence-corrected chi connectivity index (χ1v) is 9.36. The summed E-state index contributed by atoms with van der Waals surface area (Å²) in [5.41, 5.74) is -1.34. The second-order valence-electron chi connectivity index (χ2n) is 6.96. The number of H-pyrrole nitrogens is 1. The van der Waals surface area contributed by atoms with E-state index in [1.165, 1.54) is 12.1 Å². The molecule has 164 valence electrons. The molecular formula is C21H14F3N3O5. The minimum atomic E-state index is -4.60. The van der Waals surface area contributed by atoms with Gasteiger partial charge in [-0.3, -0.25) is 24.1 Å². The lowest BCUT2D eigenvalue weighted by Crippen LogP contribution is -2.32. The van der Waals surface area contributed by atoms with Gasteiger partial charge >= 0.3 is 12.1 Å². The molecule has 11 heteroatoms. The lowest BCUT2D eigenvalue weighted by molar-refractivity contribution is -0.145. The van der Waals surface area contributed by atoms with Gasteiger partial charge in [0.05, 0.1) is 34.0 Å². The van der Waals surface area contributed by atoms with Gasteiger partial charge in [-0.2, -0.15) is 13.2 Å². The number of hydrogen-bond donors (Lipinski definition) is 1. The van der Waals surface area contributed by atoms with Gasteiger partial charge in [0.1, 0.15) is 12.4 Å². The number of fused-ring (bicyclic) bond motifs is 2. The summed E-state index contributed by atoms with van der Waals surface area (Å²) in [6, 6.07) is 8.80. The number of nitrogens with one attached hydrogen (secondary N) is 1. The van der Waals surface area contributed by atoms with Gasteiger partial charge in [0.2, 0.25) is 0 Å². The summed E-state index contributed by atoms with van der Waals surface area (Å²) >= 11 is 0. The van der Waals surface area contributed by atoms with Crippen molar-refractivity contribution in [3.8, 4) is 0 Å². The Morgan fingerprint density at radius 2 is 1.69 bits per heavy atom. The second-order valence-corrected chi connectivity index (χ2v) is 6.96. The van der Waals surface area contributed by atoms with Crippen LogP contribution in [0.15, 0.2) is 47.3 Å². The smallest absolute Gasteiger partial charge is 0.416 e. The molecule has 1 N–H and O–H groups in total. The van der Waals surface area contributed by atoms with Crippen LogP contribution < -0.4 is 5.56 Å². The number of halogens is 3. The van der Waals surface area contributed by atoms with E-state index < -0.39 is 41.7 Å². The molecule has 0 saturated heterocycles. The minimum Gasteiger partial charge on any atom is -0.457 e. The third-order valence-corrected chi connectivity index (χ3v) is 4.87. The number of aromatic amines is 1. The van der Waals surface area contributed by atoms with Crippen molar-refractivity contribution in [2.45, 2.75) is 19.2 Å². The minimum absolute atomic E-state index is 0.0429. The third-order valence-electron chi connectivity index (χ3n) is 4.87. The molecule has 2 aromatic carbocycles. The number of benzene rings is 2. The molecule has 8 nitrogen and oxygen atoms in total. The SMILES string of the molecule is O=C(CCN1C(=O)c2ccccc2C1=O)OCc1nc2cc(C(F)(F)F)ccc2c(=O)[nH]1. The summed E-state index contributed by atoms with van der Waals surface area (Å²) in [5, 5.41) is -0.0429. The largest absolute Gasteiger partial charge is 0.457 e. The standard InChI is InChI=1S/C21H14F3N3O5/c22-21(23,24)11-5-6-14-15(9-11)25-16(26-18(14)29)10-32-17(28)7-8-27-19(30)12-3-1-2-4-13(12)20(27)31/h1-6,9H,7-8,10H2,(H,25,26,29). The van der Waals surface area contributed by atoms with Crippen LogP contribution in [0.2, 0.25) is 0 Å². The van der Waals surface area contributed by atoms with Crippen LogP contribution >= 0.6 is 0 Å². The van der Waals surface area contributed by atoms with Crippen molar-refractivity contribution in [3.63, 3.8) is 0 Å². The zero-order chi connectivity index (χ0) is 23.0. The van der Waals surface area contributed by atoms with Crippen LogP contribution in [0.5, 0.6) is 0 Å². The van der Waals surface area contributed by atoms with Crippen molar-refractivity contribution in [3.05, 3.63) is 75.3 Å². The topological polar surface area (TPSA) is 109 Å². The van der Waals surface area contributed by atoms with Gasteiger partial charge in [-0.05, 0) is 30.3 Å². The number of nitrogens with zero attached hydrogens (tertiary/aromatic N) is 2. The summed E-state index contributed by atoms with van der Waals surface area (Å²) < 4.78 is 43.7. The Hall–Kier alpha value is -4.02. The van der Waals surface area contributed by atoms with Gasteiger partial charge in [0.25, 0.3) is 17.4 Å². The van der Waals surface area contributed by atoms with Crippen LogP contribution in [0.4, 0.5) is 13.2 Å². The van der Waals surface area contributed by atoms with E-state index in [4.69, 9.17) is 4.74 Å². The van der Waals surface area contributed by atoms with E-state index in [1.807, 2.05) is 0 Å². The molecule has 0 aliphatic carbocycles. The van der Waals surface area contributed by atoms with E-state index in [0.717, 1.165) is 23.1 Å². The monoisotopic (exact) mass is 445 g/mol. The Kier molecular flexibility index (Phi) is 5.25. The van der Waals surface area contributed by atoms with Crippen molar-refractivity contribution in [1.82, 2.24) is 14.9 Å². The van der Waals surface area contributed by atoms with Gasteiger partial charge in [-0.15, -0.1) is 0 Å². The summed E-state index contributed by atoms with van der Waals surface area (Å²) in [6.45, 7) is -0.704. The molecule has 3 aromatic rings. The zero-order valence-corrected chi connectivity index (χ0v) is 16.2. The maximum atomic E-state index is 12.9. The molecule has 2 amide bonds. The van der Waals surface area contributed by atoms with E-state index in [1.54, 1.807) is 12.1 Å². The molecule has 0 radical (unpaired) electrons.